The summed E-state index contributed by atoms with van der Waals surface area (Å²) in [6, 6.07) is 20.7. The van der Waals surface area contributed by atoms with Crippen LogP contribution in [0.2, 0.25) is 0 Å². The van der Waals surface area contributed by atoms with Crippen LogP contribution in [0.15, 0.2) is 60.7 Å². The standard InChI is InChI=1S/C20H18O/c1-3-15-7-4-10-17(13-15)19-12-6-9-16-8-5-11-18(14(2)21)20(16)19/h4-13H,3H2,1-2H3. The molecular formula is C20H18O. The van der Waals surface area contributed by atoms with Crippen LogP contribution in [0, 0.1) is 0 Å². The van der Waals surface area contributed by atoms with E-state index in [4.69, 9.17) is 0 Å². The fourth-order valence-electron chi connectivity index (χ4n) is 2.83. The molecule has 3 rings (SSSR count). The van der Waals surface area contributed by atoms with Gasteiger partial charge >= 0.3 is 0 Å². The highest BCUT2D eigenvalue weighted by Gasteiger charge is 2.11. The summed E-state index contributed by atoms with van der Waals surface area (Å²) < 4.78 is 0. The molecule has 0 aliphatic carbocycles. The minimum Gasteiger partial charge on any atom is -0.294 e. The molecule has 0 saturated heterocycles. The van der Waals surface area contributed by atoms with E-state index in [2.05, 4.69) is 55.5 Å². The van der Waals surface area contributed by atoms with Crippen molar-refractivity contribution in [2.24, 2.45) is 0 Å². The molecule has 0 unspecified atom stereocenters. The molecule has 0 spiro atoms. The van der Waals surface area contributed by atoms with E-state index in [1.54, 1.807) is 6.92 Å². The summed E-state index contributed by atoms with van der Waals surface area (Å²) in [7, 11) is 0. The highest BCUT2D eigenvalue weighted by molar-refractivity contribution is 6.12. The zero-order valence-corrected chi connectivity index (χ0v) is 12.4. The minimum atomic E-state index is 0.111. The Morgan fingerprint density at radius 1 is 0.952 bits per heavy atom. The van der Waals surface area contributed by atoms with Crippen LogP contribution in [-0.2, 0) is 6.42 Å². The van der Waals surface area contributed by atoms with Crippen molar-refractivity contribution in [2.45, 2.75) is 20.3 Å². The van der Waals surface area contributed by atoms with Crippen LogP contribution < -0.4 is 0 Å². The van der Waals surface area contributed by atoms with Crippen LogP contribution in [0.5, 0.6) is 0 Å². The maximum absolute atomic E-state index is 12.0. The van der Waals surface area contributed by atoms with Gasteiger partial charge in [0.2, 0.25) is 0 Å². The van der Waals surface area contributed by atoms with Gasteiger partial charge in [-0.15, -0.1) is 0 Å². The first-order valence-corrected chi connectivity index (χ1v) is 7.32. The zero-order valence-electron chi connectivity index (χ0n) is 12.4. The number of carbonyl (C=O) groups excluding carboxylic acids is 1. The van der Waals surface area contributed by atoms with Crippen LogP contribution in [-0.4, -0.2) is 5.78 Å². The molecule has 0 aromatic heterocycles. The third-order valence-corrected chi connectivity index (χ3v) is 3.93. The molecule has 0 fully saturated rings. The van der Waals surface area contributed by atoms with E-state index in [1.165, 1.54) is 11.1 Å². The van der Waals surface area contributed by atoms with Crippen LogP contribution in [0.4, 0.5) is 0 Å². The number of rotatable bonds is 3. The maximum Gasteiger partial charge on any atom is 0.160 e. The molecule has 0 radical (unpaired) electrons. The summed E-state index contributed by atoms with van der Waals surface area (Å²) in [6.45, 7) is 3.79. The fraction of sp³-hybridized carbons (Fsp3) is 0.150. The monoisotopic (exact) mass is 274 g/mol. The predicted molar refractivity (Wildman–Crippen MR) is 88.8 cm³/mol. The highest BCUT2D eigenvalue weighted by Crippen LogP contribution is 2.32. The number of aryl methyl sites for hydroxylation is 1. The van der Waals surface area contributed by atoms with E-state index in [9.17, 15) is 4.79 Å². The van der Waals surface area contributed by atoms with Crippen molar-refractivity contribution in [3.8, 4) is 11.1 Å². The molecule has 0 heterocycles. The Morgan fingerprint density at radius 3 is 2.38 bits per heavy atom. The average molecular weight is 274 g/mol. The quantitative estimate of drug-likeness (QED) is 0.594. The molecule has 3 aromatic rings. The van der Waals surface area contributed by atoms with Crippen molar-refractivity contribution < 1.29 is 4.79 Å². The van der Waals surface area contributed by atoms with Gasteiger partial charge in [0.1, 0.15) is 0 Å². The molecule has 21 heavy (non-hydrogen) atoms. The molecule has 0 N–H and O–H groups in total. The number of fused-ring (bicyclic) bond motifs is 1. The Morgan fingerprint density at radius 2 is 1.67 bits per heavy atom. The van der Waals surface area contributed by atoms with E-state index in [0.717, 1.165) is 28.3 Å². The molecule has 0 bridgehead atoms. The second-order valence-electron chi connectivity index (χ2n) is 5.32. The van der Waals surface area contributed by atoms with E-state index < -0.39 is 0 Å². The van der Waals surface area contributed by atoms with Crippen molar-refractivity contribution in [1.29, 1.82) is 0 Å². The second kappa shape index (κ2) is 5.53. The summed E-state index contributed by atoms with van der Waals surface area (Å²) in [5.74, 6) is 0.111. The lowest BCUT2D eigenvalue weighted by Crippen LogP contribution is -1.95. The van der Waals surface area contributed by atoms with E-state index in [-0.39, 0.29) is 5.78 Å². The summed E-state index contributed by atoms with van der Waals surface area (Å²) in [5, 5.41) is 2.17. The van der Waals surface area contributed by atoms with Crippen LogP contribution >= 0.6 is 0 Å². The molecule has 104 valence electrons. The number of hydrogen-bond acceptors (Lipinski definition) is 1. The number of ketones is 1. The first kappa shape index (κ1) is 13.6. The zero-order chi connectivity index (χ0) is 14.8. The third-order valence-electron chi connectivity index (χ3n) is 3.93. The Labute approximate surface area is 125 Å². The van der Waals surface area contributed by atoms with Gasteiger partial charge in [0.15, 0.2) is 5.78 Å². The molecule has 0 amide bonds. The van der Waals surface area contributed by atoms with Crippen molar-refractivity contribution in [1.82, 2.24) is 0 Å². The molecule has 1 nitrogen and oxygen atoms in total. The van der Waals surface area contributed by atoms with Gasteiger partial charge in [-0.3, -0.25) is 4.79 Å². The van der Waals surface area contributed by atoms with Gasteiger partial charge in [0, 0.05) is 10.9 Å². The summed E-state index contributed by atoms with van der Waals surface area (Å²) in [5.41, 5.74) is 4.41. The Balaban J connectivity index is 2.34. The van der Waals surface area contributed by atoms with Crippen LogP contribution in [0.1, 0.15) is 29.8 Å². The molecule has 3 aromatic carbocycles. The molecule has 0 atom stereocenters. The topological polar surface area (TPSA) is 17.1 Å². The lowest BCUT2D eigenvalue weighted by atomic mass is 9.92. The van der Waals surface area contributed by atoms with E-state index in [1.807, 2.05) is 12.1 Å². The molecule has 0 aliphatic rings. The summed E-state index contributed by atoms with van der Waals surface area (Å²) in [6.07, 6.45) is 1.01. The largest absolute Gasteiger partial charge is 0.294 e. The second-order valence-corrected chi connectivity index (χ2v) is 5.32. The average Bonchev–Trinajstić information content (AvgIpc) is 2.53. The number of benzene rings is 3. The lowest BCUT2D eigenvalue weighted by molar-refractivity contribution is 0.101. The number of Topliss-reactive ketones (excluding diaryl/α,β-unsaturated/α-hetero) is 1. The van der Waals surface area contributed by atoms with Crippen molar-refractivity contribution in [3.05, 3.63) is 71.8 Å². The molecule has 1 heteroatoms. The van der Waals surface area contributed by atoms with Crippen molar-refractivity contribution in [2.75, 3.05) is 0 Å². The molecular weight excluding hydrogens is 256 g/mol. The minimum absolute atomic E-state index is 0.111. The van der Waals surface area contributed by atoms with Gasteiger partial charge < -0.3 is 0 Å². The van der Waals surface area contributed by atoms with Gasteiger partial charge in [0.05, 0.1) is 0 Å². The van der Waals surface area contributed by atoms with Crippen LogP contribution in [0.25, 0.3) is 21.9 Å². The number of carbonyl (C=O) groups is 1. The van der Waals surface area contributed by atoms with Crippen molar-refractivity contribution >= 4 is 16.6 Å². The first-order valence-electron chi connectivity index (χ1n) is 7.32. The van der Waals surface area contributed by atoms with Gasteiger partial charge in [-0.1, -0.05) is 67.6 Å². The number of hydrogen-bond donors (Lipinski definition) is 0. The van der Waals surface area contributed by atoms with Crippen LogP contribution in [0.3, 0.4) is 0 Å². The summed E-state index contributed by atoms with van der Waals surface area (Å²) >= 11 is 0. The maximum atomic E-state index is 12.0. The Hall–Kier alpha value is -2.41. The molecule has 0 saturated carbocycles. The van der Waals surface area contributed by atoms with Crippen molar-refractivity contribution in [3.63, 3.8) is 0 Å². The lowest BCUT2D eigenvalue weighted by Gasteiger charge is -2.11. The first-order chi connectivity index (χ1) is 10.2. The van der Waals surface area contributed by atoms with E-state index in [0.29, 0.717) is 0 Å². The van der Waals surface area contributed by atoms with Gasteiger partial charge in [0.25, 0.3) is 0 Å². The van der Waals surface area contributed by atoms with Gasteiger partial charge in [-0.05, 0) is 35.4 Å². The highest BCUT2D eigenvalue weighted by atomic mass is 16.1. The SMILES string of the molecule is CCc1cccc(-c2cccc3cccc(C(C)=O)c23)c1. The smallest absolute Gasteiger partial charge is 0.160 e. The van der Waals surface area contributed by atoms with Gasteiger partial charge in [-0.25, -0.2) is 0 Å². The predicted octanol–water partition coefficient (Wildman–Crippen LogP) is 5.27. The summed E-state index contributed by atoms with van der Waals surface area (Å²) in [4.78, 5) is 12.0. The Kier molecular flexibility index (Phi) is 3.57. The van der Waals surface area contributed by atoms with Gasteiger partial charge in [-0.2, -0.15) is 0 Å². The molecule has 0 aliphatic heterocycles. The normalized spacial score (nSPS) is 10.8. The third kappa shape index (κ3) is 2.47. The van der Waals surface area contributed by atoms with E-state index >= 15 is 0 Å². The Bertz CT molecular complexity index is 810. The fourth-order valence-corrected chi connectivity index (χ4v) is 2.83.